The first-order valence-electron chi connectivity index (χ1n) is 13.5. The van der Waals surface area contributed by atoms with E-state index in [0.29, 0.717) is 0 Å². The van der Waals surface area contributed by atoms with Crippen molar-refractivity contribution in [1.82, 2.24) is 15.1 Å². The van der Waals surface area contributed by atoms with Gasteiger partial charge in [-0.25, -0.2) is 0 Å². The van der Waals surface area contributed by atoms with Gasteiger partial charge in [0.05, 0.1) is 28.8 Å². The lowest BCUT2D eigenvalue weighted by molar-refractivity contribution is -0.118. The molecule has 4 atom stereocenters. The van der Waals surface area contributed by atoms with Crippen LogP contribution in [0.4, 0.5) is 5.69 Å². The maximum Gasteiger partial charge on any atom is 0.235 e. The lowest BCUT2D eigenvalue weighted by Crippen LogP contribution is -2.44. The summed E-state index contributed by atoms with van der Waals surface area (Å²) in [7, 11) is 0. The first kappa shape index (κ1) is 23.4. The Labute approximate surface area is 222 Å². The van der Waals surface area contributed by atoms with Gasteiger partial charge in [-0.1, -0.05) is 60.7 Å². The summed E-state index contributed by atoms with van der Waals surface area (Å²) in [6.07, 6.45) is 5.59. The highest BCUT2D eigenvalue weighted by Gasteiger charge is 2.65. The lowest BCUT2D eigenvalue weighted by atomic mass is 9.92. The van der Waals surface area contributed by atoms with E-state index in [1.54, 1.807) is 0 Å². The molecule has 1 spiro atoms. The molecule has 3 aromatic carbocycles. The third kappa shape index (κ3) is 3.96. The molecule has 7 rings (SSSR count). The van der Waals surface area contributed by atoms with Gasteiger partial charge in [0, 0.05) is 36.6 Å². The van der Waals surface area contributed by atoms with Gasteiger partial charge in [0.2, 0.25) is 5.91 Å². The van der Waals surface area contributed by atoms with E-state index < -0.39 is 5.41 Å². The first-order valence-corrected chi connectivity index (χ1v) is 13.5. The molecule has 4 aromatic rings. The van der Waals surface area contributed by atoms with Gasteiger partial charge in [-0.15, -0.1) is 0 Å². The van der Waals surface area contributed by atoms with Crippen LogP contribution in [0.15, 0.2) is 66.7 Å². The van der Waals surface area contributed by atoms with E-state index in [9.17, 15) is 4.79 Å². The second-order valence-corrected chi connectivity index (χ2v) is 11.2. The van der Waals surface area contributed by atoms with Crippen LogP contribution in [0.2, 0.25) is 0 Å². The normalized spacial score (nSPS) is 26.8. The Morgan fingerprint density at radius 1 is 1.03 bits per heavy atom. The Morgan fingerprint density at radius 3 is 2.63 bits per heavy atom. The minimum absolute atomic E-state index is 0.122. The van der Waals surface area contributed by atoms with Crippen LogP contribution in [0.1, 0.15) is 54.1 Å². The predicted octanol–water partition coefficient (Wildman–Crippen LogP) is 5.72. The fraction of sp³-hybridized carbons (Fsp3) is 0.312. The van der Waals surface area contributed by atoms with Gasteiger partial charge in [0.25, 0.3) is 0 Å². The zero-order valence-electron chi connectivity index (χ0n) is 21.8. The quantitative estimate of drug-likeness (QED) is 0.365. The molecule has 1 aliphatic carbocycles. The number of aromatic nitrogens is 2. The molecule has 1 aromatic heterocycles. The number of fused-ring (bicyclic) bond motifs is 3. The summed E-state index contributed by atoms with van der Waals surface area (Å²) in [6.45, 7) is 7.19. The van der Waals surface area contributed by atoms with Crippen LogP contribution < -0.4 is 5.32 Å². The predicted molar refractivity (Wildman–Crippen MR) is 151 cm³/mol. The highest BCUT2D eigenvalue weighted by atomic mass is 16.5. The van der Waals surface area contributed by atoms with E-state index in [1.165, 1.54) is 11.1 Å². The SMILES string of the molecule is C[C@@H]1CN(Cc2ccc(/C=C/c3n[nH]c4cc([C@H]5C[C@]56C(=O)Nc5ccccc56)ccc34)cc2)C[C@H](C)O1. The number of morpholine rings is 1. The van der Waals surface area contributed by atoms with Crippen LogP contribution in [0.25, 0.3) is 23.1 Å². The van der Waals surface area contributed by atoms with Crippen molar-refractivity contribution < 1.29 is 9.53 Å². The van der Waals surface area contributed by atoms with E-state index in [-0.39, 0.29) is 24.0 Å². The monoisotopic (exact) mass is 504 g/mol. The van der Waals surface area contributed by atoms with Gasteiger partial charge >= 0.3 is 0 Å². The summed E-state index contributed by atoms with van der Waals surface area (Å²) in [5.41, 5.74) is 7.23. The van der Waals surface area contributed by atoms with Gasteiger partial charge in [-0.05, 0) is 60.7 Å². The molecule has 3 heterocycles. The number of rotatable bonds is 5. The number of amides is 1. The summed E-state index contributed by atoms with van der Waals surface area (Å²) >= 11 is 0. The van der Waals surface area contributed by atoms with Gasteiger partial charge in [-0.2, -0.15) is 5.10 Å². The van der Waals surface area contributed by atoms with E-state index in [1.807, 2.05) is 18.2 Å². The molecule has 1 saturated carbocycles. The number of hydrogen-bond acceptors (Lipinski definition) is 4. The maximum atomic E-state index is 12.9. The summed E-state index contributed by atoms with van der Waals surface area (Å²) in [4.78, 5) is 15.4. The maximum absolute atomic E-state index is 12.9. The molecule has 6 nitrogen and oxygen atoms in total. The van der Waals surface area contributed by atoms with Crippen molar-refractivity contribution in [1.29, 1.82) is 0 Å². The Morgan fingerprint density at radius 2 is 1.82 bits per heavy atom. The standard InChI is InChI=1S/C32H32N4O2/c1-20-17-36(18-21(2)38-20)19-23-9-7-22(8-10-23)11-14-28-25-13-12-24(15-30(25)35-34-28)27-16-32(27)26-5-3-4-6-29(26)33-31(32)37/h3-15,20-21,27H,16-19H2,1-2H3,(H,33,37)(H,34,35)/b14-11+/t20-,21+,27-,32-/m1/s1. The molecule has 0 unspecified atom stereocenters. The molecular weight excluding hydrogens is 472 g/mol. The molecule has 192 valence electrons. The molecule has 1 saturated heterocycles. The Bertz CT molecular complexity index is 1550. The smallest absolute Gasteiger partial charge is 0.235 e. The number of carbonyl (C=O) groups is 1. The van der Waals surface area contributed by atoms with Gasteiger partial charge in [-0.3, -0.25) is 14.8 Å². The highest BCUT2D eigenvalue weighted by molar-refractivity contribution is 6.09. The molecule has 3 aliphatic rings. The van der Waals surface area contributed by atoms with Crippen molar-refractivity contribution in [3.8, 4) is 0 Å². The number of ether oxygens (including phenoxy) is 1. The highest BCUT2D eigenvalue weighted by Crippen LogP contribution is 2.64. The van der Waals surface area contributed by atoms with Gasteiger partial charge in [0.15, 0.2) is 0 Å². The fourth-order valence-corrected chi connectivity index (χ4v) is 6.53. The number of nitrogens with zero attached hydrogens (tertiary/aromatic N) is 2. The average Bonchev–Trinajstić information content (AvgIpc) is 3.44. The zero-order chi connectivity index (χ0) is 25.9. The first-order chi connectivity index (χ1) is 18.5. The molecule has 2 N–H and O–H groups in total. The van der Waals surface area contributed by atoms with Crippen molar-refractivity contribution in [2.45, 2.75) is 50.4 Å². The van der Waals surface area contributed by atoms with Crippen LogP contribution in [-0.4, -0.2) is 46.3 Å². The number of anilines is 1. The molecule has 38 heavy (non-hydrogen) atoms. The number of nitrogens with one attached hydrogen (secondary N) is 2. The fourth-order valence-electron chi connectivity index (χ4n) is 6.53. The van der Waals surface area contributed by atoms with Crippen LogP contribution >= 0.6 is 0 Å². The number of benzene rings is 3. The van der Waals surface area contributed by atoms with Crippen molar-refractivity contribution in [2.24, 2.45) is 0 Å². The van der Waals surface area contributed by atoms with E-state index in [2.05, 4.69) is 94.9 Å². The largest absolute Gasteiger partial charge is 0.373 e. The topological polar surface area (TPSA) is 70.2 Å². The molecule has 0 radical (unpaired) electrons. The Hall–Kier alpha value is -3.74. The number of H-pyrrole nitrogens is 1. The number of aromatic amines is 1. The molecule has 1 amide bonds. The van der Waals surface area contributed by atoms with Crippen molar-refractivity contribution in [2.75, 3.05) is 18.4 Å². The van der Waals surface area contributed by atoms with Crippen molar-refractivity contribution in [3.63, 3.8) is 0 Å². The Balaban J connectivity index is 1.05. The van der Waals surface area contributed by atoms with Gasteiger partial charge in [0.1, 0.15) is 0 Å². The number of para-hydroxylation sites is 1. The second-order valence-electron chi connectivity index (χ2n) is 11.2. The minimum Gasteiger partial charge on any atom is -0.373 e. The zero-order valence-corrected chi connectivity index (χ0v) is 21.8. The van der Waals surface area contributed by atoms with E-state index >= 15 is 0 Å². The van der Waals surface area contributed by atoms with Gasteiger partial charge < -0.3 is 10.1 Å². The third-order valence-corrected chi connectivity index (χ3v) is 8.36. The van der Waals surface area contributed by atoms with Crippen molar-refractivity contribution in [3.05, 3.63) is 94.7 Å². The molecule has 6 heteroatoms. The average molecular weight is 505 g/mol. The molecule has 0 bridgehead atoms. The Kier molecular flexibility index (Phi) is 5.49. The van der Waals surface area contributed by atoms with E-state index in [4.69, 9.17) is 4.74 Å². The van der Waals surface area contributed by atoms with Crippen LogP contribution in [0.5, 0.6) is 0 Å². The summed E-state index contributed by atoms with van der Waals surface area (Å²) in [5.74, 6) is 0.317. The summed E-state index contributed by atoms with van der Waals surface area (Å²) in [5, 5.41) is 11.9. The molecule has 2 aliphatic heterocycles. The second kappa shape index (κ2) is 8.93. The van der Waals surface area contributed by atoms with E-state index in [0.717, 1.165) is 59.5 Å². The molecule has 2 fully saturated rings. The van der Waals surface area contributed by atoms with Crippen molar-refractivity contribution >= 4 is 34.6 Å². The molecular formula is C32H32N4O2. The minimum atomic E-state index is -0.419. The number of hydrogen-bond donors (Lipinski definition) is 2. The number of carbonyl (C=O) groups excluding carboxylic acids is 1. The summed E-state index contributed by atoms with van der Waals surface area (Å²) < 4.78 is 5.86. The van der Waals surface area contributed by atoms with Crippen LogP contribution in [0.3, 0.4) is 0 Å². The lowest BCUT2D eigenvalue weighted by Gasteiger charge is -2.35. The summed E-state index contributed by atoms with van der Waals surface area (Å²) in [6, 6.07) is 23.3. The van der Waals surface area contributed by atoms with Crippen LogP contribution in [-0.2, 0) is 21.5 Å². The van der Waals surface area contributed by atoms with Crippen LogP contribution in [0, 0.1) is 0 Å². The third-order valence-electron chi connectivity index (χ3n) is 8.36.